The molecule has 0 radical (unpaired) electrons. The van der Waals surface area contributed by atoms with Gasteiger partial charge in [-0.25, -0.2) is 0 Å². The van der Waals surface area contributed by atoms with E-state index in [9.17, 15) is 9.90 Å². The average molecular weight is 265 g/mol. The van der Waals surface area contributed by atoms with Crippen LogP contribution in [0.5, 0.6) is 0 Å². The number of aliphatic hydroxyl groups is 1. The van der Waals surface area contributed by atoms with E-state index in [4.69, 9.17) is 4.74 Å². The molecule has 1 atom stereocenters. The molecule has 1 aromatic rings. The van der Waals surface area contributed by atoms with Crippen molar-refractivity contribution in [2.24, 2.45) is 0 Å². The number of carbonyl (C=O) groups excluding carboxylic acids is 1. The third kappa shape index (κ3) is 5.11. The van der Waals surface area contributed by atoms with Crippen LogP contribution in [0, 0.1) is 13.8 Å². The van der Waals surface area contributed by atoms with Crippen LogP contribution in [-0.4, -0.2) is 55.7 Å². The van der Waals surface area contributed by atoms with Crippen molar-refractivity contribution in [3.05, 3.63) is 34.9 Å². The number of hydrogen-bond donors (Lipinski definition) is 1. The van der Waals surface area contributed by atoms with Gasteiger partial charge >= 0.3 is 0 Å². The second-order valence-corrected chi connectivity index (χ2v) is 5.05. The summed E-state index contributed by atoms with van der Waals surface area (Å²) in [5, 5.41) is 9.62. The van der Waals surface area contributed by atoms with E-state index in [-0.39, 0.29) is 12.4 Å². The third-order valence-corrected chi connectivity index (χ3v) is 2.99. The summed E-state index contributed by atoms with van der Waals surface area (Å²) in [6, 6.07) is 5.87. The van der Waals surface area contributed by atoms with Crippen molar-refractivity contribution < 1.29 is 14.6 Å². The lowest BCUT2D eigenvalue weighted by Crippen LogP contribution is -2.35. The molecule has 106 valence electrons. The van der Waals surface area contributed by atoms with Crippen molar-refractivity contribution in [2.75, 3.05) is 33.9 Å². The summed E-state index contributed by atoms with van der Waals surface area (Å²) in [5.74, 6) is 0.0771. The lowest BCUT2D eigenvalue weighted by molar-refractivity contribution is 0.0427. The number of likely N-dealkylation sites (N-methyl/N-ethyl adjacent to an activating group) is 1. The first kappa shape index (κ1) is 15.8. The van der Waals surface area contributed by atoms with E-state index in [2.05, 4.69) is 0 Å². The summed E-state index contributed by atoms with van der Waals surface area (Å²) in [5.41, 5.74) is 2.82. The zero-order valence-electron chi connectivity index (χ0n) is 12.1. The fraction of sp³-hybridized carbons (Fsp3) is 0.533. The first-order valence-electron chi connectivity index (χ1n) is 6.40. The molecule has 0 amide bonds. The van der Waals surface area contributed by atoms with Crippen LogP contribution in [0.4, 0.5) is 0 Å². The van der Waals surface area contributed by atoms with E-state index in [1.807, 2.05) is 44.0 Å². The van der Waals surface area contributed by atoms with Crippen LogP contribution < -0.4 is 0 Å². The molecule has 0 spiro atoms. The predicted molar refractivity (Wildman–Crippen MR) is 75.6 cm³/mol. The molecule has 1 unspecified atom stereocenters. The number of rotatable bonds is 7. The molecule has 4 heteroatoms. The molecule has 19 heavy (non-hydrogen) atoms. The summed E-state index contributed by atoms with van der Waals surface area (Å²) < 4.78 is 4.87. The van der Waals surface area contributed by atoms with Crippen LogP contribution in [0.15, 0.2) is 18.2 Å². The van der Waals surface area contributed by atoms with Gasteiger partial charge in [0, 0.05) is 19.2 Å². The molecule has 0 saturated carbocycles. The summed E-state index contributed by atoms with van der Waals surface area (Å²) in [4.78, 5) is 14.0. The average Bonchev–Trinajstić information content (AvgIpc) is 2.32. The lowest BCUT2D eigenvalue weighted by Gasteiger charge is -2.19. The molecule has 0 aliphatic carbocycles. The molecule has 0 aromatic heterocycles. The van der Waals surface area contributed by atoms with Gasteiger partial charge in [-0.1, -0.05) is 17.7 Å². The molecule has 1 rings (SSSR count). The number of hydrogen-bond acceptors (Lipinski definition) is 4. The van der Waals surface area contributed by atoms with Crippen molar-refractivity contribution in [2.45, 2.75) is 20.0 Å². The van der Waals surface area contributed by atoms with Crippen LogP contribution in [0.2, 0.25) is 0 Å². The van der Waals surface area contributed by atoms with Gasteiger partial charge in [-0.2, -0.15) is 0 Å². The molecule has 0 aliphatic rings. The Hall–Kier alpha value is -1.23. The molecule has 0 saturated heterocycles. The van der Waals surface area contributed by atoms with Gasteiger partial charge in [0.05, 0.1) is 19.3 Å². The maximum Gasteiger partial charge on any atom is 0.177 e. The second kappa shape index (κ2) is 7.38. The van der Waals surface area contributed by atoms with Crippen molar-refractivity contribution in [3.63, 3.8) is 0 Å². The van der Waals surface area contributed by atoms with Gasteiger partial charge in [0.1, 0.15) is 0 Å². The fourth-order valence-electron chi connectivity index (χ4n) is 2.04. The Bertz CT molecular complexity index is 431. The monoisotopic (exact) mass is 265 g/mol. The number of nitrogens with zero attached hydrogens (tertiary/aromatic N) is 1. The van der Waals surface area contributed by atoms with E-state index >= 15 is 0 Å². The summed E-state index contributed by atoms with van der Waals surface area (Å²) in [6.45, 7) is 4.91. The largest absolute Gasteiger partial charge is 0.389 e. The molecule has 1 N–H and O–H groups in total. The van der Waals surface area contributed by atoms with Crippen LogP contribution in [0.1, 0.15) is 21.5 Å². The van der Waals surface area contributed by atoms with E-state index in [1.165, 1.54) is 0 Å². The number of methoxy groups -OCH3 is 1. The number of carbonyl (C=O) groups is 1. The van der Waals surface area contributed by atoms with E-state index in [1.54, 1.807) is 7.11 Å². The number of aryl methyl sites for hydroxylation is 2. The number of aliphatic hydroxyl groups excluding tert-OH is 1. The maximum absolute atomic E-state index is 12.2. The van der Waals surface area contributed by atoms with E-state index < -0.39 is 6.10 Å². The molecular weight excluding hydrogens is 242 g/mol. The van der Waals surface area contributed by atoms with E-state index in [0.717, 1.165) is 16.7 Å². The Kier molecular flexibility index (Phi) is 6.15. The molecule has 0 aliphatic heterocycles. The zero-order chi connectivity index (χ0) is 14.4. The molecule has 0 heterocycles. The van der Waals surface area contributed by atoms with Gasteiger partial charge in [-0.05, 0) is 32.5 Å². The fourth-order valence-corrected chi connectivity index (χ4v) is 2.04. The minimum absolute atomic E-state index is 0.0771. The molecule has 0 bridgehead atoms. The normalized spacial score (nSPS) is 12.7. The molecule has 1 aromatic carbocycles. The maximum atomic E-state index is 12.2. The topological polar surface area (TPSA) is 49.8 Å². The number of ketones is 1. The summed E-state index contributed by atoms with van der Waals surface area (Å²) in [6.07, 6.45) is -0.568. The second-order valence-electron chi connectivity index (χ2n) is 5.05. The Morgan fingerprint density at radius 1 is 1.42 bits per heavy atom. The minimum Gasteiger partial charge on any atom is -0.389 e. The van der Waals surface area contributed by atoms with E-state index in [0.29, 0.717) is 13.1 Å². The standard InChI is InChI=1S/C15H23NO3/c1-11-5-6-12(2)14(7-11)15(18)9-16(3)8-13(17)10-19-4/h5-7,13,17H,8-10H2,1-4H3. The van der Waals surface area contributed by atoms with Crippen molar-refractivity contribution in [1.82, 2.24) is 4.90 Å². The highest BCUT2D eigenvalue weighted by Gasteiger charge is 2.14. The van der Waals surface area contributed by atoms with Crippen LogP contribution in [0.25, 0.3) is 0 Å². The van der Waals surface area contributed by atoms with Gasteiger partial charge in [-0.3, -0.25) is 9.69 Å². The van der Waals surface area contributed by atoms with Crippen LogP contribution in [-0.2, 0) is 4.74 Å². The predicted octanol–water partition coefficient (Wildman–Crippen LogP) is 1.43. The van der Waals surface area contributed by atoms with Crippen LogP contribution >= 0.6 is 0 Å². The summed E-state index contributed by atoms with van der Waals surface area (Å²) >= 11 is 0. The molecule has 4 nitrogen and oxygen atoms in total. The highest BCUT2D eigenvalue weighted by atomic mass is 16.5. The molecule has 0 fully saturated rings. The Labute approximate surface area is 115 Å². The third-order valence-electron chi connectivity index (χ3n) is 2.99. The minimum atomic E-state index is -0.568. The molecular formula is C15H23NO3. The number of Topliss-reactive ketones (excluding diaryl/α,β-unsaturated/α-hetero) is 1. The number of benzene rings is 1. The zero-order valence-corrected chi connectivity index (χ0v) is 12.1. The Balaban J connectivity index is 2.61. The van der Waals surface area contributed by atoms with Gasteiger partial charge in [0.25, 0.3) is 0 Å². The summed E-state index contributed by atoms with van der Waals surface area (Å²) in [7, 11) is 3.37. The van der Waals surface area contributed by atoms with Crippen LogP contribution in [0.3, 0.4) is 0 Å². The van der Waals surface area contributed by atoms with Crippen molar-refractivity contribution in [3.8, 4) is 0 Å². The quantitative estimate of drug-likeness (QED) is 0.758. The van der Waals surface area contributed by atoms with Crippen molar-refractivity contribution >= 4 is 5.78 Å². The first-order valence-corrected chi connectivity index (χ1v) is 6.40. The van der Waals surface area contributed by atoms with Gasteiger partial charge in [0.15, 0.2) is 5.78 Å². The highest BCUT2D eigenvalue weighted by molar-refractivity contribution is 5.99. The van der Waals surface area contributed by atoms with Crippen molar-refractivity contribution in [1.29, 1.82) is 0 Å². The highest BCUT2D eigenvalue weighted by Crippen LogP contribution is 2.12. The van der Waals surface area contributed by atoms with Gasteiger partial charge in [0.2, 0.25) is 0 Å². The smallest absolute Gasteiger partial charge is 0.177 e. The lowest BCUT2D eigenvalue weighted by atomic mass is 10.0. The number of ether oxygens (including phenoxy) is 1. The SMILES string of the molecule is COCC(O)CN(C)CC(=O)c1cc(C)ccc1C. The first-order chi connectivity index (χ1) is 8.93. The Morgan fingerprint density at radius 3 is 2.74 bits per heavy atom. The van der Waals surface area contributed by atoms with Gasteiger partial charge in [-0.15, -0.1) is 0 Å². The van der Waals surface area contributed by atoms with Gasteiger partial charge < -0.3 is 9.84 Å². The Morgan fingerprint density at radius 2 is 2.11 bits per heavy atom.